The van der Waals surface area contributed by atoms with Crippen LogP contribution in [-0.2, 0) is 24.3 Å². The molecule has 2 aliphatic heterocycles. The molecule has 30 heavy (non-hydrogen) atoms. The highest BCUT2D eigenvalue weighted by Crippen LogP contribution is 2.31. The molecule has 3 heterocycles. The lowest BCUT2D eigenvalue weighted by Crippen LogP contribution is -2.43. The number of carbonyl (C=O) groups excluding carboxylic acids is 1. The van der Waals surface area contributed by atoms with Gasteiger partial charge < -0.3 is 9.47 Å². The molecule has 0 bridgehead atoms. The number of aromatic nitrogens is 2. The molecule has 0 aliphatic carbocycles. The maximum absolute atomic E-state index is 13.3. The van der Waals surface area contributed by atoms with Crippen molar-refractivity contribution in [3.05, 3.63) is 66.3 Å². The minimum atomic E-state index is 0.138. The highest BCUT2D eigenvalue weighted by Gasteiger charge is 2.34. The maximum Gasteiger partial charge on any atom is 0.226 e. The quantitative estimate of drug-likeness (QED) is 0.658. The third-order valence-corrected chi connectivity index (χ3v) is 6.73. The lowest BCUT2D eigenvalue weighted by atomic mass is 9.81. The second-order valence-corrected chi connectivity index (χ2v) is 8.58. The van der Waals surface area contributed by atoms with Crippen LogP contribution in [0.1, 0.15) is 37.6 Å². The Morgan fingerprint density at radius 3 is 2.67 bits per heavy atom. The van der Waals surface area contributed by atoms with Crippen LogP contribution in [0.25, 0.3) is 0 Å². The van der Waals surface area contributed by atoms with E-state index in [2.05, 4.69) is 68.9 Å². The second kappa shape index (κ2) is 10.1. The zero-order valence-corrected chi connectivity index (χ0v) is 18.1. The van der Waals surface area contributed by atoms with Crippen LogP contribution in [0.4, 0.5) is 0 Å². The predicted octanol–water partition coefficient (Wildman–Crippen LogP) is 3.76. The van der Waals surface area contributed by atoms with Crippen molar-refractivity contribution in [2.24, 2.45) is 11.8 Å². The Balaban J connectivity index is 1.32. The average Bonchev–Trinajstić information content (AvgIpc) is 3.15. The zero-order chi connectivity index (χ0) is 20.8. The first-order chi connectivity index (χ1) is 14.7. The van der Waals surface area contributed by atoms with E-state index in [9.17, 15) is 4.79 Å². The Labute approximate surface area is 180 Å². The Hall–Kier alpha value is -2.40. The molecular formula is C25H34N4O. The molecule has 2 aromatic rings. The van der Waals surface area contributed by atoms with Gasteiger partial charge in [-0.05, 0) is 57.2 Å². The van der Waals surface area contributed by atoms with Gasteiger partial charge in [0.2, 0.25) is 5.91 Å². The third-order valence-electron chi connectivity index (χ3n) is 6.73. The minimum Gasteiger partial charge on any atom is -0.338 e. The van der Waals surface area contributed by atoms with Gasteiger partial charge in [0.25, 0.3) is 0 Å². The Bertz CT molecular complexity index is 836. The highest BCUT2D eigenvalue weighted by atomic mass is 16.2. The van der Waals surface area contributed by atoms with Gasteiger partial charge >= 0.3 is 0 Å². The van der Waals surface area contributed by atoms with Crippen molar-refractivity contribution in [2.75, 3.05) is 26.2 Å². The van der Waals surface area contributed by atoms with Gasteiger partial charge in [-0.1, -0.05) is 42.5 Å². The number of amides is 1. The molecule has 5 nitrogen and oxygen atoms in total. The highest BCUT2D eigenvalue weighted by molar-refractivity contribution is 5.80. The molecule has 0 N–H and O–H groups in total. The van der Waals surface area contributed by atoms with E-state index >= 15 is 0 Å². The number of benzene rings is 1. The number of hydrogen-bond donors (Lipinski definition) is 0. The number of likely N-dealkylation sites (tertiary alicyclic amines) is 1. The van der Waals surface area contributed by atoms with E-state index in [0.717, 1.165) is 70.8 Å². The average molecular weight is 407 g/mol. The largest absolute Gasteiger partial charge is 0.338 e. The van der Waals surface area contributed by atoms with E-state index in [1.807, 2.05) is 12.3 Å². The Morgan fingerprint density at radius 2 is 1.90 bits per heavy atom. The van der Waals surface area contributed by atoms with Crippen LogP contribution in [0.15, 0.2) is 54.9 Å². The first kappa shape index (κ1) is 20.9. The van der Waals surface area contributed by atoms with Gasteiger partial charge in [-0.15, -0.1) is 0 Å². The molecule has 160 valence electrons. The van der Waals surface area contributed by atoms with Crippen LogP contribution < -0.4 is 0 Å². The second-order valence-electron chi connectivity index (χ2n) is 8.58. The molecule has 1 atom stereocenters. The summed E-state index contributed by atoms with van der Waals surface area (Å²) in [5.41, 5.74) is 1.30. The van der Waals surface area contributed by atoms with Crippen LogP contribution >= 0.6 is 0 Å². The summed E-state index contributed by atoms with van der Waals surface area (Å²) in [5, 5.41) is 0. The molecule has 1 saturated heterocycles. The number of nitrogens with zero attached hydrogens (tertiary/aromatic N) is 4. The fraction of sp³-hybridized carbons (Fsp3) is 0.520. The van der Waals surface area contributed by atoms with Gasteiger partial charge in [0, 0.05) is 37.9 Å². The van der Waals surface area contributed by atoms with Crippen LogP contribution in [-0.4, -0.2) is 51.4 Å². The molecule has 1 fully saturated rings. The van der Waals surface area contributed by atoms with E-state index in [4.69, 9.17) is 0 Å². The van der Waals surface area contributed by atoms with E-state index in [1.165, 1.54) is 5.56 Å². The first-order valence-corrected chi connectivity index (χ1v) is 11.4. The molecule has 0 radical (unpaired) electrons. The van der Waals surface area contributed by atoms with Crippen molar-refractivity contribution < 1.29 is 4.79 Å². The number of aryl methyl sites for hydroxylation is 1. The van der Waals surface area contributed by atoms with Crippen molar-refractivity contribution >= 4 is 5.91 Å². The smallest absolute Gasteiger partial charge is 0.226 e. The van der Waals surface area contributed by atoms with Crippen molar-refractivity contribution in [3.8, 4) is 0 Å². The predicted molar refractivity (Wildman–Crippen MR) is 120 cm³/mol. The van der Waals surface area contributed by atoms with E-state index in [1.54, 1.807) is 0 Å². The molecular weight excluding hydrogens is 372 g/mol. The standard InChI is InChI=1S/C25H34N4O/c1-2-28-19-14-26-24(28)20-27-16-12-22(13-17-27)23-10-6-7-15-29(25(23)30)18-11-21-8-4-3-5-9-21/h3-9,14,19,22-23H,2,10-13,15-18,20H2,1H3/t23-/m1/s1. The third kappa shape index (κ3) is 5.01. The van der Waals surface area contributed by atoms with Crippen molar-refractivity contribution in [1.82, 2.24) is 19.4 Å². The van der Waals surface area contributed by atoms with Gasteiger partial charge in [0.15, 0.2) is 0 Å². The summed E-state index contributed by atoms with van der Waals surface area (Å²) < 4.78 is 2.22. The van der Waals surface area contributed by atoms with Gasteiger partial charge in [0.1, 0.15) is 5.82 Å². The van der Waals surface area contributed by atoms with Crippen LogP contribution in [0.5, 0.6) is 0 Å². The number of hydrogen-bond acceptors (Lipinski definition) is 3. The molecule has 0 unspecified atom stereocenters. The fourth-order valence-corrected chi connectivity index (χ4v) is 4.87. The molecule has 5 heteroatoms. The molecule has 1 aromatic carbocycles. The van der Waals surface area contributed by atoms with Gasteiger partial charge in [-0.3, -0.25) is 9.69 Å². The number of carbonyl (C=O) groups is 1. The monoisotopic (exact) mass is 406 g/mol. The van der Waals surface area contributed by atoms with E-state index < -0.39 is 0 Å². The fourth-order valence-electron chi connectivity index (χ4n) is 4.87. The lowest BCUT2D eigenvalue weighted by Gasteiger charge is -2.36. The molecule has 1 amide bonds. The van der Waals surface area contributed by atoms with Crippen LogP contribution in [0.3, 0.4) is 0 Å². The Kier molecular flexibility index (Phi) is 7.00. The van der Waals surface area contributed by atoms with Gasteiger partial charge in [0.05, 0.1) is 6.54 Å². The minimum absolute atomic E-state index is 0.138. The number of piperidine rings is 1. The van der Waals surface area contributed by atoms with Crippen LogP contribution in [0, 0.1) is 11.8 Å². The van der Waals surface area contributed by atoms with E-state index in [-0.39, 0.29) is 5.92 Å². The number of imidazole rings is 1. The summed E-state index contributed by atoms with van der Waals surface area (Å²) in [6.07, 6.45) is 12.4. The maximum atomic E-state index is 13.3. The topological polar surface area (TPSA) is 41.4 Å². The van der Waals surface area contributed by atoms with Gasteiger partial charge in [-0.2, -0.15) is 0 Å². The summed E-state index contributed by atoms with van der Waals surface area (Å²) in [7, 11) is 0. The molecule has 4 rings (SSSR count). The van der Waals surface area contributed by atoms with Crippen molar-refractivity contribution in [1.29, 1.82) is 0 Å². The summed E-state index contributed by atoms with van der Waals surface area (Å²) in [6, 6.07) is 10.5. The Morgan fingerprint density at radius 1 is 1.10 bits per heavy atom. The molecule has 1 aromatic heterocycles. The lowest BCUT2D eigenvalue weighted by molar-refractivity contribution is -0.137. The summed E-state index contributed by atoms with van der Waals surface area (Å²) in [4.78, 5) is 22.4. The summed E-state index contributed by atoms with van der Waals surface area (Å²) in [6.45, 7) is 7.70. The van der Waals surface area contributed by atoms with Crippen molar-refractivity contribution in [2.45, 2.75) is 45.7 Å². The molecule has 0 saturated carbocycles. The van der Waals surface area contributed by atoms with E-state index in [0.29, 0.717) is 11.8 Å². The van der Waals surface area contributed by atoms with Gasteiger partial charge in [-0.25, -0.2) is 4.98 Å². The SMILES string of the molecule is CCn1ccnc1CN1CCC([C@H]2CC=CCN(CCc3ccccc3)C2=O)CC1. The summed E-state index contributed by atoms with van der Waals surface area (Å²) >= 11 is 0. The molecule has 0 spiro atoms. The normalized spacial score (nSPS) is 21.2. The zero-order valence-electron chi connectivity index (χ0n) is 18.1. The summed E-state index contributed by atoms with van der Waals surface area (Å²) in [5.74, 6) is 2.13. The molecule has 2 aliphatic rings. The van der Waals surface area contributed by atoms with Crippen molar-refractivity contribution in [3.63, 3.8) is 0 Å². The number of allylic oxidation sites excluding steroid dienone is 1. The number of rotatable bonds is 7. The first-order valence-electron chi connectivity index (χ1n) is 11.4. The van der Waals surface area contributed by atoms with Crippen LogP contribution in [0.2, 0.25) is 0 Å².